The number of hydrogen-bond donors (Lipinski definition) is 3. The molecule has 0 aliphatic heterocycles. The molecule has 0 heterocycles. The number of nitrogens with one attached hydrogen (secondary N) is 3. The van der Waals surface area contributed by atoms with Crippen LogP contribution >= 0.6 is 0 Å². The molecule has 3 N–H and O–H groups in total. The Morgan fingerprint density at radius 3 is 2.24 bits per heavy atom. The van der Waals surface area contributed by atoms with Crippen LogP contribution < -0.4 is 16.0 Å². The highest BCUT2D eigenvalue weighted by atomic mass is 16.2. The minimum absolute atomic E-state index is 0.0290. The summed E-state index contributed by atoms with van der Waals surface area (Å²) in [5.74, 6) is -0.356. The summed E-state index contributed by atoms with van der Waals surface area (Å²) in [6.45, 7) is 2.16. The van der Waals surface area contributed by atoms with Crippen molar-refractivity contribution in [2.24, 2.45) is 0 Å². The van der Waals surface area contributed by atoms with Crippen LogP contribution in [0.15, 0.2) is 0 Å². The van der Waals surface area contributed by atoms with Gasteiger partial charge in [-0.15, -0.1) is 0 Å². The SMILES string of the molecule is CNC(=O)CNC(=O)CCCCCNC(C)=O. The minimum Gasteiger partial charge on any atom is -0.358 e. The molecule has 0 atom stereocenters. The number of unbranched alkanes of at least 4 members (excludes halogenated alkanes) is 2. The maximum Gasteiger partial charge on any atom is 0.239 e. The van der Waals surface area contributed by atoms with Gasteiger partial charge in [0.1, 0.15) is 0 Å². The standard InChI is InChI=1S/C11H21N3O3/c1-9(15)13-7-5-3-4-6-10(16)14-8-11(17)12-2/h3-8H2,1-2H3,(H,12,17)(H,13,15)(H,14,16). The van der Waals surface area contributed by atoms with Crippen LogP contribution in [-0.4, -0.2) is 37.9 Å². The lowest BCUT2D eigenvalue weighted by Gasteiger charge is -2.04. The molecule has 0 aliphatic rings. The van der Waals surface area contributed by atoms with Crippen LogP contribution in [-0.2, 0) is 14.4 Å². The first kappa shape index (κ1) is 15.4. The molecular weight excluding hydrogens is 222 g/mol. The highest BCUT2D eigenvalue weighted by Crippen LogP contribution is 1.98. The van der Waals surface area contributed by atoms with E-state index in [1.54, 1.807) is 0 Å². The first-order chi connectivity index (χ1) is 8.06. The van der Waals surface area contributed by atoms with Crippen molar-refractivity contribution in [2.75, 3.05) is 20.1 Å². The fourth-order valence-electron chi connectivity index (χ4n) is 1.21. The lowest BCUT2D eigenvalue weighted by molar-refractivity contribution is -0.125. The van der Waals surface area contributed by atoms with Gasteiger partial charge in [-0.1, -0.05) is 6.42 Å². The van der Waals surface area contributed by atoms with Crippen LogP contribution in [0.2, 0.25) is 0 Å². The van der Waals surface area contributed by atoms with E-state index in [2.05, 4.69) is 16.0 Å². The average Bonchev–Trinajstić information content (AvgIpc) is 2.30. The third-order valence-corrected chi connectivity index (χ3v) is 2.18. The van der Waals surface area contributed by atoms with E-state index >= 15 is 0 Å². The molecule has 3 amide bonds. The molecular formula is C11H21N3O3. The molecule has 0 fully saturated rings. The second kappa shape index (κ2) is 9.62. The summed E-state index contributed by atoms with van der Waals surface area (Å²) in [7, 11) is 1.52. The van der Waals surface area contributed by atoms with Gasteiger partial charge in [0.25, 0.3) is 0 Å². The molecule has 0 saturated heterocycles. The molecule has 0 saturated carbocycles. The van der Waals surface area contributed by atoms with Crippen LogP contribution in [0.3, 0.4) is 0 Å². The van der Waals surface area contributed by atoms with Crippen molar-refractivity contribution in [3.8, 4) is 0 Å². The third-order valence-electron chi connectivity index (χ3n) is 2.18. The summed E-state index contributed by atoms with van der Waals surface area (Å²) < 4.78 is 0. The van der Waals surface area contributed by atoms with Crippen LogP contribution in [0, 0.1) is 0 Å². The Hall–Kier alpha value is -1.59. The quantitative estimate of drug-likeness (QED) is 0.504. The van der Waals surface area contributed by atoms with E-state index in [4.69, 9.17) is 0 Å². The normalized spacial score (nSPS) is 9.53. The van der Waals surface area contributed by atoms with Crippen molar-refractivity contribution in [2.45, 2.75) is 32.6 Å². The first-order valence-electron chi connectivity index (χ1n) is 5.78. The highest BCUT2D eigenvalue weighted by molar-refractivity contribution is 5.84. The largest absolute Gasteiger partial charge is 0.358 e. The summed E-state index contributed by atoms with van der Waals surface area (Å²) in [5.41, 5.74) is 0. The maximum absolute atomic E-state index is 11.2. The van der Waals surface area contributed by atoms with E-state index in [1.165, 1.54) is 14.0 Å². The summed E-state index contributed by atoms with van der Waals surface area (Å²) in [6.07, 6.45) is 2.92. The van der Waals surface area contributed by atoms with Crippen molar-refractivity contribution in [3.05, 3.63) is 0 Å². The fraction of sp³-hybridized carbons (Fsp3) is 0.727. The molecule has 0 aliphatic carbocycles. The highest BCUT2D eigenvalue weighted by Gasteiger charge is 2.03. The first-order valence-corrected chi connectivity index (χ1v) is 5.78. The van der Waals surface area contributed by atoms with Crippen LogP contribution in [0.1, 0.15) is 32.6 Å². The van der Waals surface area contributed by atoms with Crippen molar-refractivity contribution < 1.29 is 14.4 Å². The lowest BCUT2D eigenvalue weighted by Crippen LogP contribution is -2.35. The van der Waals surface area contributed by atoms with Crippen molar-refractivity contribution in [3.63, 3.8) is 0 Å². The van der Waals surface area contributed by atoms with Gasteiger partial charge >= 0.3 is 0 Å². The van der Waals surface area contributed by atoms with E-state index in [9.17, 15) is 14.4 Å². The molecule has 0 bridgehead atoms. The Bertz CT molecular complexity index is 267. The van der Waals surface area contributed by atoms with Crippen LogP contribution in [0.5, 0.6) is 0 Å². The number of carbonyl (C=O) groups is 3. The van der Waals surface area contributed by atoms with Crippen molar-refractivity contribution in [1.82, 2.24) is 16.0 Å². The molecule has 0 radical (unpaired) electrons. The summed E-state index contributed by atoms with van der Waals surface area (Å²) >= 11 is 0. The molecule has 0 aromatic carbocycles. The van der Waals surface area contributed by atoms with Gasteiger partial charge in [-0.25, -0.2) is 0 Å². The molecule has 0 rings (SSSR count). The Labute approximate surface area is 102 Å². The Kier molecular flexibility index (Phi) is 8.72. The lowest BCUT2D eigenvalue weighted by atomic mass is 10.2. The van der Waals surface area contributed by atoms with Gasteiger partial charge in [-0.05, 0) is 12.8 Å². The molecule has 0 aromatic heterocycles. The Balaban J connectivity index is 3.33. The zero-order chi connectivity index (χ0) is 13.1. The predicted octanol–water partition coefficient (Wildman–Crippen LogP) is -0.455. The summed E-state index contributed by atoms with van der Waals surface area (Å²) in [4.78, 5) is 32.6. The van der Waals surface area contributed by atoms with Gasteiger partial charge in [-0.3, -0.25) is 14.4 Å². The van der Waals surface area contributed by atoms with E-state index in [0.29, 0.717) is 13.0 Å². The van der Waals surface area contributed by atoms with Gasteiger partial charge < -0.3 is 16.0 Å². The number of likely N-dealkylation sites (N-methyl/N-ethyl adjacent to an activating group) is 1. The average molecular weight is 243 g/mol. The monoisotopic (exact) mass is 243 g/mol. The number of hydrogen-bond acceptors (Lipinski definition) is 3. The van der Waals surface area contributed by atoms with Crippen molar-refractivity contribution >= 4 is 17.7 Å². The minimum atomic E-state index is -0.205. The van der Waals surface area contributed by atoms with Gasteiger partial charge in [0.05, 0.1) is 6.54 Å². The second-order valence-electron chi connectivity index (χ2n) is 3.74. The molecule has 98 valence electrons. The zero-order valence-electron chi connectivity index (χ0n) is 10.5. The number of amides is 3. The van der Waals surface area contributed by atoms with Gasteiger partial charge in [0, 0.05) is 26.9 Å². The molecule has 0 spiro atoms. The molecule has 0 unspecified atom stereocenters. The topological polar surface area (TPSA) is 87.3 Å². The molecule has 6 nitrogen and oxygen atoms in total. The maximum atomic E-state index is 11.2. The smallest absolute Gasteiger partial charge is 0.239 e. The number of rotatable bonds is 8. The van der Waals surface area contributed by atoms with Gasteiger partial charge in [0.2, 0.25) is 17.7 Å². The van der Waals surface area contributed by atoms with Crippen LogP contribution in [0.4, 0.5) is 0 Å². The van der Waals surface area contributed by atoms with Crippen LogP contribution in [0.25, 0.3) is 0 Å². The third kappa shape index (κ3) is 10.7. The van der Waals surface area contributed by atoms with Gasteiger partial charge in [-0.2, -0.15) is 0 Å². The molecule has 0 aromatic rings. The van der Waals surface area contributed by atoms with E-state index < -0.39 is 0 Å². The molecule has 17 heavy (non-hydrogen) atoms. The van der Waals surface area contributed by atoms with E-state index in [0.717, 1.165) is 19.3 Å². The Morgan fingerprint density at radius 1 is 0.941 bits per heavy atom. The predicted molar refractivity (Wildman–Crippen MR) is 64.2 cm³/mol. The fourth-order valence-corrected chi connectivity index (χ4v) is 1.21. The Morgan fingerprint density at radius 2 is 1.65 bits per heavy atom. The zero-order valence-corrected chi connectivity index (χ0v) is 10.5. The second-order valence-corrected chi connectivity index (χ2v) is 3.74. The van der Waals surface area contributed by atoms with E-state index in [1.807, 2.05) is 0 Å². The summed E-state index contributed by atoms with van der Waals surface area (Å²) in [6, 6.07) is 0. The number of carbonyl (C=O) groups excluding carboxylic acids is 3. The molecule has 6 heteroatoms. The van der Waals surface area contributed by atoms with Gasteiger partial charge in [0.15, 0.2) is 0 Å². The van der Waals surface area contributed by atoms with Crippen molar-refractivity contribution in [1.29, 1.82) is 0 Å². The summed E-state index contributed by atoms with van der Waals surface area (Å²) in [5, 5.41) is 7.63. The van der Waals surface area contributed by atoms with E-state index in [-0.39, 0.29) is 24.3 Å².